The molecule has 2 aromatic rings. The van der Waals surface area contributed by atoms with Crippen molar-refractivity contribution in [3.05, 3.63) is 47.4 Å². The molecule has 1 aromatic carbocycles. The lowest BCUT2D eigenvalue weighted by Gasteiger charge is -2.10. The fourth-order valence-corrected chi connectivity index (χ4v) is 2.60. The number of aromatic nitrogens is 2. The number of halogens is 1. The Morgan fingerprint density at radius 3 is 2.79 bits per heavy atom. The third-order valence-electron chi connectivity index (χ3n) is 2.49. The maximum atomic E-state index is 6.29. The zero-order chi connectivity index (χ0) is 13.7. The molecule has 1 aromatic heterocycles. The number of nitrogens with zero attached hydrogens (tertiary/aromatic N) is 2. The molecule has 0 radical (unpaired) electrons. The van der Waals surface area contributed by atoms with Crippen LogP contribution >= 0.6 is 23.4 Å². The van der Waals surface area contributed by atoms with Crippen LogP contribution in [-0.4, -0.2) is 16.0 Å². The SMILES string of the molecule is CC(C)NCc1ccc(Sc2cnccn2)cc1Cl. The summed E-state index contributed by atoms with van der Waals surface area (Å²) < 4.78 is 0. The number of hydrogen-bond donors (Lipinski definition) is 1. The van der Waals surface area contributed by atoms with Crippen LogP contribution in [0, 0.1) is 0 Å². The molecule has 1 N–H and O–H groups in total. The molecule has 0 atom stereocenters. The zero-order valence-electron chi connectivity index (χ0n) is 10.9. The first-order valence-electron chi connectivity index (χ1n) is 6.11. The van der Waals surface area contributed by atoms with Gasteiger partial charge >= 0.3 is 0 Å². The maximum absolute atomic E-state index is 6.29. The van der Waals surface area contributed by atoms with Crippen LogP contribution < -0.4 is 5.32 Å². The van der Waals surface area contributed by atoms with E-state index in [1.165, 1.54) is 0 Å². The van der Waals surface area contributed by atoms with Crippen molar-refractivity contribution >= 4 is 23.4 Å². The summed E-state index contributed by atoms with van der Waals surface area (Å²) in [6, 6.07) is 6.53. The highest BCUT2D eigenvalue weighted by Gasteiger charge is 2.05. The molecule has 0 bridgehead atoms. The normalized spacial score (nSPS) is 10.9. The molecule has 0 saturated heterocycles. The molecule has 0 unspecified atom stereocenters. The summed E-state index contributed by atoms with van der Waals surface area (Å²) in [5, 5.41) is 5.01. The lowest BCUT2D eigenvalue weighted by molar-refractivity contribution is 0.589. The highest BCUT2D eigenvalue weighted by molar-refractivity contribution is 7.99. The van der Waals surface area contributed by atoms with Crippen LogP contribution in [0.5, 0.6) is 0 Å². The smallest absolute Gasteiger partial charge is 0.119 e. The van der Waals surface area contributed by atoms with E-state index in [-0.39, 0.29) is 0 Å². The van der Waals surface area contributed by atoms with E-state index in [2.05, 4.69) is 41.3 Å². The minimum absolute atomic E-state index is 0.449. The van der Waals surface area contributed by atoms with Crippen LogP contribution in [0.25, 0.3) is 0 Å². The van der Waals surface area contributed by atoms with Crippen molar-refractivity contribution in [2.24, 2.45) is 0 Å². The molecule has 3 nitrogen and oxygen atoms in total. The summed E-state index contributed by atoms with van der Waals surface area (Å²) in [6.45, 7) is 5.02. The van der Waals surface area contributed by atoms with Crippen molar-refractivity contribution < 1.29 is 0 Å². The topological polar surface area (TPSA) is 37.8 Å². The van der Waals surface area contributed by atoms with Crippen molar-refractivity contribution in [1.82, 2.24) is 15.3 Å². The second-order valence-corrected chi connectivity index (χ2v) is 5.94. The van der Waals surface area contributed by atoms with E-state index in [0.717, 1.165) is 27.1 Å². The average molecular weight is 294 g/mol. The van der Waals surface area contributed by atoms with E-state index in [0.29, 0.717) is 6.04 Å². The largest absolute Gasteiger partial charge is 0.310 e. The summed E-state index contributed by atoms with van der Waals surface area (Å²) in [6.07, 6.45) is 5.09. The third kappa shape index (κ3) is 4.49. The lowest BCUT2D eigenvalue weighted by Crippen LogP contribution is -2.21. The molecule has 5 heteroatoms. The molecule has 0 aliphatic heterocycles. The van der Waals surface area contributed by atoms with E-state index < -0.39 is 0 Å². The van der Waals surface area contributed by atoms with Crippen LogP contribution in [0.15, 0.2) is 46.7 Å². The third-order valence-corrected chi connectivity index (χ3v) is 3.75. The molecule has 0 fully saturated rings. The number of hydrogen-bond acceptors (Lipinski definition) is 4. The van der Waals surface area contributed by atoms with Crippen LogP contribution in [0.2, 0.25) is 5.02 Å². The first kappa shape index (κ1) is 14.3. The Bertz CT molecular complexity index is 531. The van der Waals surface area contributed by atoms with Gasteiger partial charge in [-0.3, -0.25) is 4.98 Å². The Labute approximate surface area is 122 Å². The van der Waals surface area contributed by atoms with E-state index in [4.69, 9.17) is 11.6 Å². The van der Waals surface area contributed by atoms with Gasteiger partial charge in [-0.15, -0.1) is 0 Å². The minimum atomic E-state index is 0.449. The van der Waals surface area contributed by atoms with Crippen molar-refractivity contribution in [2.45, 2.75) is 36.4 Å². The van der Waals surface area contributed by atoms with Gasteiger partial charge in [-0.05, 0) is 17.7 Å². The minimum Gasteiger partial charge on any atom is -0.310 e. The fourth-order valence-electron chi connectivity index (χ4n) is 1.51. The highest BCUT2D eigenvalue weighted by Crippen LogP contribution is 2.29. The first-order chi connectivity index (χ1) is 9.15. The van der Waals surface area contributed by atoms with Crippen LogP contribution in [0.1, 0.15) is 19.4 Å². The van der Waals surface area contributed by atoms with Gasteiger partial charge in [0.2, 0.25) is 0 Å². The second-order valence-electron chi connectivity index (χ2n) is 4.43. The quantitative estimate of drug-likeness (QED) is 0.910. The van der Waals surface area contributed by atoms with Crippen molar-refractivity contribution in [3.63, 3.8) is 0 Å². The Hall–Kier alpha value is -1.10. The number of rotatable bonds is 5. The number of nitrogens with one attached hydrogen (secondary N) is 1. The summed E-state index contributed by atoms with van der Waals surface area (Å²) in [4.78, 5) is 9.34. The highest BCUT2D eigenvalue weighted by atomic mass is 35.5. The van der Waals surface area contributed by atoms with Crippen molar-refractivity contribution in [2.75, 3.05) is 0 Å². The Kier molecular flexibility index (Phi) is 5.19. The molecule has 0 amide bonds. The van der Waals surface area contributed by atoms with Gasteiger partial charge < -0.3 is 5.32 Å². The summed E-state index contributed by atoms with van der Waals surface area (Å²) in [7, 11) is 0. The Morgan fingerprint density at radius 1 is 1.32 bits per heavy atom. The maximum Gasteiger partial charge on any atom is 0.119 e. The molecule has 0 spiro atoms. The molecule has 1 heterocycles. The predicted molar refractivity (Wildman–Crippen MR) is 79.6 cm³/mol. The van der Waals surface area contributed by atoms with Gasteiger partial charge in [0.15, 0.2) is 0 Å². The van der Waals surface area contributed by atoms with E-state index in [1.54, 1.807) is 30.4 Å². The van der Waals surface area contributed by atoms with Crippen LogP contribution in [0.3, 0.4) is 0 Å². The molecule has 2 rings (SSSR count). The second kappa shape index (κ2) is 6.89. The average Bonchev–Trinajstić information content (AvgIpc) is 2.39. The molecule has 19 heavy (non-hydrogen) atoms. The van der Waals surface area contributed by atoms with Crippen LogP contribution in [-0.2, 0) is 6.54 Å². The molecular weight excluding hydrogens is 278 g/mol. The van der Waals surface area contributed by atoms with Gasteiger partial charge in [-0.25, -0.2) is 4.98 Å². The van der Waals surface area contributed by atoms with Crippen LogP contribution in [0.4, 0.5) is 0 Å². The fraction of sp³-hybridized carbons (Fsp3) is 0.286. The molecule has 0 saturated carbocycles. The van der Waals surface area contributed by atoms with Gasteiger partial charge in [-0.1, -0.05) is 43.3 Å². The monoisotopic (exact) mass is 293 g/mol. The van der Waals surface area contributed by atoms with Gasteiger partial charge in [0, 0.05) is 34.9 Å². The number of benzene rings is 1. The lowest BCUT2D eigenvalue weighted by atomic mass is 10.2. The predicted octanol–water partition coefficient (Wildman–Crippen LogP) is 3.78. The molecule has 0 aliphatic carbocycles. The van der Waals surface area contributed by atoms with Crippen molar-refractivity contribution in [3.8, 4) is 0 Å². The van der Waals surface area contributed by atoms with Crippen molar-refractivity contribution in [1.29, 1.82) is 0 Å². The summed E-state index contributed by atoms with van der Waals surface area (Å²) in [5.74, 6) is 0. The summed E-state index contributed by atoms with van der Waals surface area (Å²) >= 11 is 7.85. The van der Waals surface area contributed by atoms with Gasteiger partial charge in [0.1, 0.15) is 5.03 Å². The standard InChI is InChI=1S/C14H16ClN3S/c1-10(2)18-8-11-3-4-12(7-13(11)15)19-14-9-16-5-6-17-14/h3-7,9-10,18H,8H2,1-2H3. The van der Waals surface area contributed by atoms with Gasteiger partial charge in [0.25, 0.3) is 0 Å². The Balaban J connectivity index is 2.06. The summed E-state index contributed by atoms with van der Waals surface area (Å²) in [5.41, 5.74) is 1.11. The Morgan fingerprint density at radius 2 is 2.16 bits per heavy atom. The van der Waals surface area contributed by atoms with E-state index in [1.807, 2.05) is 6.07 Å². The molecule has 0 aliphatic rings. The van der Waals surface area contributed by atoms with E-state index in [9.17, 15) is 0 Å². The van der Waals surface area contributed by atoms with Gasteiger partial charge in [0.05, 0.1) is 6.20 Å². The first-order valence-corrected chi connectivity index (χ1v) is 7.30. The molecular formula is C14H16ClN3S. The molecule has 100 valence electrons. The van der Waals surface area contributed by atoms with E-state index >= 15 is 0 Å². The zero-order valence-corrected chi connectivity index (χ0v) is 12.5. The van der Waals surface area contributed by atoms with Gasteiger partial charge in [-0.2, -0.15) is 0 Å².